The second-order valence-electron chi connectivity index (χ2n) is 4.00. The molecule has 1 aliphatic heterocycles. The van der Waals surface area contributed by atoms with Gasteiger partial charge >= 0.3 is 0 Å². The van der Waals surface area contributed by atoms with Gasteiger partial charge in [-0.15, -0.1) is 0 Å². The van der Waals surface area contributed by atoms with E-state index < -0.39 is 0 Å². The first kappa shape index (κ1) is 8.61. The minimum Gasteiger partial charge on any atom is -0.382 e. The van der Waals surface area contributed by atoms with E-state index >= 15 is 0 Å². The average Bonchev–Trinajstić information content (AvgIpc) is 2.43. The standard InChI is InChI=1S/C12H17N/c1-4-10-5-6-12-11(7-10)8(2)9(3)13-12/h5-9,13H,4H2,1-3H3. The van der Waals surface area contributed by atoms with Crippen LogP contribution in [0, 0.1) is 0 Å². The summed E-state index contributed by atoms with van der Waals surface area (Å²) in [5.74, 6) is 0.654. The van der Waals surface area contributed by atoms with E-state index in [4.69, 9.17) is 0 Å². The van der Waals surface area contributed by atoms with Crippen LogP contribution in [0.25, 0.3) is 0 Å². The zero-order valence-electron chi connectivity index (χ0n) is 8.59. The van der Waals surface area contributed by atoms with Crippen LogP contribution < -0.4 is 5.32 Å². The zero-order valence-corrected chi connectivity index (χ0v) is 8.59. The van der Waals surface area contributed by atoms with Gasteiger partial charge in [-0.3, -0.25) is 0 Å². The Bertz CT molecular complexity index is 317. The molecular weight excluding hydrogens is 158 g/mol. The van der Waals surface area contributed by atoms with Gasteiger partial charge in [0.25, 0.3) is 0 Å². The predicted octanol–water partition coefficient (Wildman–Crippen LogP) is 3.17. The topological polar surface area (TPSA) is 12.0 Å². The third-order valence-corrected chi connectivity index (χ3v) is 3.15. The fourth-order valence-corrected chi connectivity index (χ4v) is 1.98. The van der Waals surface area contributed by atoms with Crippen LogP contribution >= 0.6 is 0 Å². The molecule has 1 heteroatoms. The van der Waals surface area contributed by atoms with Crippen molar-refractivity contribution < 1.29 is 0 Å². The van der Waals surface area contributed by atoms with E-state index in [1.165, 1.54) is 16.8 Å². The number of aryl methyl sites for hydroxylation is 1. The van der Waals surface area contributed by atoms with Crippen LogP contribution in [0.1, 0.15) is 37.8 Å². The maximum absolute atomic E-state index is 3.50. The molecule has 1 N–H and O–H groups in total. The van der Waals surface area contributed by atoms with E-state index in [2.05, 4.69) is 44.3 Å². The molecule has 2 rings (SSSR count). The third-order valence-electron chi connectivity index (χ3n) is 3.15. The maximum Gasteiger partial charge on any atom is 0.0378 e. The van der Waals surface area contributed by atoms with E-state index in [1.807, 2.05) is 0 Å². The summed E-state index contributed by atoms with van der Waals surface area (Å²) in [6.45, 7) is 6.75. The average molecular weight is 175 g/mol. The Hall–Kier alpha value is -0.980. The summed E-state index contributed by atoms with van der Waals surface area (Å²) in [4.78, 5) is 0. The van der Waals surface area contributed by atoms with Crippen LogP contribution in [0.3, 0.4) is 0 Å². The molecule has 1 heterocycles. The van der Waals surface area contributed by atoms with Crippen molar-refractivity contribution >= 4 is 5.69 Å². The highest BCUT2D eigenvalue weighted by Gasteiger charge is 2.24. The Kier molecular flexibility index (Phi) is 2.03. The Balaban J connectivity index is 2.42. The van der Waals surface area contributed by atoms with E-state index in [9.17, 15) is 0 Å². The van der Waals surface area contributed by atoms with Crippen LogP contribution in [0.15, 0.2) is 18.2 Å². The number of fused-ring (bicyclic) bond motifs is 1. The van der Waals surface area contributed by atoms with Crippen molar-refractivity contribution in [3.8, 4) is 0 Å². The predicted molar refractivity (Wildman–Crippen MR) is 57.3 cm³/mol. The normalized spacial score (nSPS) is 25.5. The first-order chi connectivity index (χ1) is 6.22. The van der Waals surface area contributed by atoms with Gasteiger partial charge in [-0.05, 0) is 30.5 Å². The lowest BCUT2D eigenvalue weighted by Crippen LogP contribution is -2.12. The van der Waals surface area contributed by atoms with Gasteiger partial charge in [-0.25, -0.2) is 0 Å². The minimum atomic E-state index is 0.585. The molecule has 1 aromatic rings. The zero-order chi connectivity index (χ0) is 9.42. The number of anilines is 1. The van der Waals surface area contributed by atoms with Crippen LogP contribution in [0.5, 0.6) is 0 Å². The lowest BCUT2D eigenvalue weighted by molar-refractivity contribution is 0.689. The second kappa shape index (κ2) is 3.06. The van der Waals surface area contributed by atoms with E-state index in [0.29, 0.717) is 12.0 Å². The fraction of sp³-hybridized carbons (Fsp3) is 0.500. The number of hydrogen-bond acceptors (Lipinski definition) is 1. The summed E-state index contributed by atoms with van der Waals surface area (Å²) in [6, 6.07) is 7.36. The number of nitrogens with one attached hydrogen (secondary N) is 1. The van der Waals surface area contributed by atoms with E-state index in [0.717, 1.165) is 6.42 Å². The summed E-state index contributed by atoms with van der Waals surface area (Å²) in [5.41, 5.74) is 4.27. The highest BCUT2D eigenvalue weighted by molar-refractivity contribution is 5.60. The first-order valence-corrected chi connectivity index (χ1v) is 5.11. The number of rotatable bonds is 1. The van der Waals surface area contributed by atoms with Crippen molar-refractivity contribution in [1.29, 1.82) is 0 Å². The van der Waals surface area contributed by atoms with Crippen molar-refractivity contribution in [3.05, 3.63) is 29.3 Å². The van der Waals surface area contributed by atoms with Gasteiger partial charge in [0, 0.05) is 17.6 Å². The van der Waals surface area contributed by atoms with Crippen LogP contribution in [0.4, 0.5) is 5.69 Å². The van der Waals surface area contributed by atoms with Crippen LogP contribution in [0.2, 0.25) is 0 Å². The summed E-state index contributed by atoms with van der Waals surface area (Å²) in [5, 5.41) is 3.50. The molecule has 0 saturated carbocycles. The van der Waals surface area contributed by atoms with Crippen molar-refractivity contribution in [2.75, 3.05) is 5.32 Å². The highest BCUT2D eigenvalue weighted by atomic mass is 15.0. The molecule has 0 amide bonds. The molecular formula is C12H17N. The van der Waals surface area contributed by atoms with Crippen molar-refractivity contribution in [2.24, 2.45) is 0 Å². The smallest absolute Gasteiger partial charge is 0.0378 e. The summed E-state index contributed by atoms with van der Waals surface area (Å²) in [6.07, 6.45) is 1.13. The Labute approximate surface area is 80.2 Å². The molecule has 1 aliphatic rings. The second-order valence-corrected chi connectivity index (χ2v) is 4.00. The van der Waals surface area contributed by atoms with Crippen LogP contribution in [-0.2, 0) is 6.42 Å². The lowest BCUT2D eigenvalue weighted by Gasteiger charge is -2.08. The summed E-state index contributed by atoms with van der Waals surface area (Å²) in [7, 11) is 0. The first-order valence-electron chi connectivity index (χ1n) is 5.11. The van der Waals surface area contributed by atoms with E-state index in [-0.39, 0.29) is 0 Å². The van der Waals surface area contributed by atoms with Crippen LogP contribution in [-0.4, -0.2) is 6.04 Å². The molecule has 0 radical (unpaired) electrons. The Morgan fingerprint density at radius 3 is 2.77 bits per heavy atom. The van der Waals surface area contributed by atoms with Gasteiger partial charge in [0.2, 0.25) is 0 Å². The molecule has 0 aliphatic carbocycles. The SMILES string of the molecule is CCc1ccc2c(c1)C(C)C(C)N2. The largest absolute Gasteiger partial charge is 0.382 e. The Morgan fingerprint density at radius 1 is 1.31 bits per heavy atom. The molecule has 13 heavy (non-hydrogen) atoms. The molecule has 2 atom stereocenters. The van der Waals surface area contributed by atoms with Gasteiger partial charge in [0.15, 0.2) is 0 Å². The van der Waals surface area contributed by atoms with Gasteiger partial charge < -0.3 is 5.32 Å². The van der Waals surface area contributed by atoms with Gasteiger partial charge in [0.05, 0.1) is 0 Å². The van der Waals surface area contributed by atoms with E-state index in [1.54, 1.807) is 0 Å². The van der Waals surface area contributed by atoms with Crippen molar-refractivity contribution in [1.82, 2.24) is 0 Å². The molecule has 1 nitrogen and oxygen atoms in total. The van der Waals surface area contributed by atoms with Gasteiger partial charge in [-0.2, -0.15) is 0 Å². The molecule has 0 aromatic heterocycles. The molecule has 0 fully saturated rings. The Morgan fingerprint density at radius 2 is 2.08 bits per heavy atom. The lowest BCUT2D eigenvalue weighted by atomic mass is 9.96. The quantitative estimate of drug-likeness (QED) is 0.691. The molecule has 70 valence electrons. The monoisotopic (exact) mass is 175 g/mol. The molecule has 2 unspecified atom stereocenters. The summed E-state index contributed by atoms with van der Waals surface area (Å²) < 4.78 is 0. The molecule has 0 bridgehead atoms. The molecule has 1 aromatic carbocycles. The summed E-state index contributed by atoms with van der Waals surface area (Å²) >= 11 is 0. The fourth-order valence-electron chi connectivity index (χ4n) is 1.98. The maximum atomic E-state index is 3.50. The highest BCUT2D eigenvalue weighted by Crippen LogP contribution is 2.35. The van der Waals surface area contributed by atoms with Gasteiger partial charge in [-0.1, -0.05) is 26.0 Å². The van der Waals surface area contributed by atoms with Crippen molar-refractivity contribution in [3.63, 3.8) is 0 Å². The molecule has 0 spiro atoms. The number of benzene rings is 1. The third kappa shape index (κ3) is 1.32. The minimum absolute atomic E-state index is 0.585. The number of hydrogen-bond donors (Lipinski definition) is 1. The van der Waals surface area contributed by atoms with Crippen molar-refractivity contribution in [2.45, 2.75) is 39.2 Å². The van der Waals surface area contributed by atoms with Gasteiger partial charge in [0.1, 0.15) is 0 Å². The molecule has 0 saturated heterocycles.